The molecule has 4 unspecified atom stereocenters. The van der Waals surface area contributed by atoms with Gasteiger partial charge in [-0.2, -0.15) is 0 Å². The molecule has 1 N–H and O–H groups in total. The molecule has 0 spiro atoms. The Hall–Kier alpha value is -0.530. The number of carbonyl (C=O) groups is 1. The molecule has 2 heteroatoms. The number of aliphatic carboxylic acids is 1. The molecule has 0 aromatic carbocycles. The van der Waals surface area contributed by atoms with E-state index in [4.69, 9.17) is 0 Å². The van der Waals surface area contributed by atoms with Gasteiger partial charge in [-0.1, -0.05) is 40.0 Å². The molecular formula is C16H28O2. The number of hydrogen-bond donors (Lipinski definition) is 1. The maximum atomic E-state index is 11.5. The fraction of sp³-hybridized carbons (Fsp3) is 0.938. The molecule has 0 radical (unpaired) electrons. The Balaban J connectivity index is 2.11. The highest BCUT2D eigenvalue weighted by atomic mass is 16.4. The van der Waals surface area contributed by atoms with E-state index in [9.17, 15) is 9.90 Å². The number of hydrogen-bond acceptors (Lipinski definition) is 1. The predicted octanol–water partition coefficient (Wildman–Crippen LogP) is 4.34. The Morgan fingerprint density at radius 3 is 2.56 bits per heavy atom. The maximum Gasteiger partial charge on any atom is 0.306 e. The minimum Gasteiger partial charge on any atom is -0.481 e. The van der Waals surface area contributed by atoms with Gasteiger partial charge in [0.1, 0.15) is 0 Å². The Labute approximate surface area is 111 Å². The summed E-state index contributed by atoms with van der Waals surface area (Å²) in [7, 11) is 0. The first-order chi connectivity index (χ1) is 8.39. The molecule has 0 aliphatic heterocycles. The molecule has 104 valence electrons. The summed E-state index contributed by atoms with van der Waals surface area (Å²) in [6, 6.07) is 0. The van der Waals surface area contributed by atoms with Crippen molar-refractivity contribution in [3.05, 3.63) is 0 Å². The van der Waals surface area contributed by atoms with Crippen LogP contribution in [0.4, 0.5) is 0 Å². The van der Waals surface area contributed by atoms with Crippen LogP contribution in [-0.4, -0.2) is 11.1 Å². The molecule has 2 rings (SSSR count). The van der Waals surface area contributed by atoms with E-state index in [0.717, 1.165) is 25.2 Å². The van der Waals surface area contributed by atoms with Crippen molar-refractivity contribution >= 4 is 5.97 Å². The number of carboxylic acid groups (broad SMARTS) is 1. The van der Waals surface area contributed by atoms with Gasteiger partial charge in [-0.15, -0.1) is 0 Å². The van der Waals surface area contributed by atoms with Crippen LogP contribution in [0.5, 0.6) is 0 Å². The van der Waals surface area contributed by atoms with Crippen molar-refractivity contribution in [1.29, 1.82) is 0 Å². The van der Waals surface area contributed by atoms with Crippen LogP contribution in [0.2, 0.25) is 0 Å². The minimum absolute atomic E-state index is 0.0756. The Bertz CT molecular complexity index is 308. The maximum absolute atomic E-state index is 11.5. The molecule has 2 saturated carbocycles. The van der Waals surface area contributed by atoms with Crippen LogP contribution in [-0.2, 0) is 4.79 Å². The summed E-state index contributed by atoms with van der Waals surface area (Å²) < 4.78 is 0. The first-order valence-corrected chi connectivity index (χ1v) is 7.62. The smallest absolute Gasteiger partial charge is 0.306 e. The largest absolute Gasteiger partial charge is 0.481 e. The highest BCUT2D eigenvalue weighted by Gasteiger charge is 2.42. The van der Waals surface area contributed by atoms with Gasteiger partial charge in [0.2, 0.25) is 0 Å². The molecule has 2 aliphatic carbocycles. The molecule has 0 amide bonds. The average molecular weight is 252 g/mol. The summed E-state index contributed by atoms with van der Waals surface area (Å²) in [4.78, 5) is 11.5. The van der Waals surface area contributed by atoms with E-state index in [1.54, 1.807) is 0 Å². The molecular weight excluding hydrogens is 224 g/mol. The van der Waals surface area contributed by atoms with Crippen LogP contribution in [0.3, 0.4) is 0 Å². The molecule has 4 atom stereocenters. The van der Waals surface area contributed by atoms with Gasteiger partial charge in [0.15, 0.2) is 0 Å². The van der Waals surface area contributed by atoms with Crippen molar-refractivity contribution in [1.82, 2.24) is 0 Å². The summed E-state index contributed by atoms with van der Waals surface area (Å²) >= 11 is 0. The Kier molecular flexibility index (Phi) is 4.03. The van der Waals surface area contributed by atoms with Gasteiger partial charge in [0.05, 0.1) is 5.92 Å². The second kappa shape index (κ2) is 5.22. The van der Waals surface area contributed by atoms with Crippen LogP contribution < -0.4 is 0 Å². The van der Waals surface area contributed by atoms with Gasteiger partial charge in [0.25, 0.3) is 0 Å². The van der Waals surface area contributed by atoms with E-state index in [0.29, 0.717) is 17.3 Å². The molecule has 2 aliphatic rings. The van der Waals surface area contributed by atoms with Crippen molar-refractivity contribution < 1.29 is 9.90 Å². The van der Waals surface area contributed by atoms with Gasteiger partial charge >= 0.3 is 5.97 Å². The number of carboxylic acids is 1. The fourth-order valence-electron chi connectivity index (χ4n) is 4.31. The van der Waals surface area contributed by atoms with E-state index >= 15 is 0 Å². The molecule has 2 fully saturated rings. The lowest BCUT2D eigenvalue weighted by molar-refractivity contribution is -0.148. The lowest BCUT2D eigenvalue weighted by Crippen LogP contribution is -2.39. The summed E-state index contributed by atoms with van der Waals surface area (Å²) in [5.41, 5.74) is 0.345. The van der Waals surface area contributed by atoms with Gasteiger partial charge in [-0.3, -0.25) is 4.79 Å². The van der Waals surface area contributed by atoms with Crippen molar-refractivity contribution in [2.75, 3.05) is 0 Å². The van der Waals surface area contributed by atoms with E-state index in [1.807, 2.05) is 0 Å². The van der Waals surface area contributed by atoms with Crippen molar-refractivity contribution in [2.24, 2.45) is 29.1 Å². The molecule has 0 bridgehead atoms. The average Bonchev–Trinajstić information content (AvgIpc) is 2.27. The number of rotatable bonds is 2. The molecule has 0 aromatic heterocycles. The highest BCUT2D eigenvalue weighted by molar-refractivity contribution is 5.70. The zero-order valence-electron chi connectivity index (χ0n) is 12.1. The third kappa shape index (κ3) is 3.07. The SMILES string of the molecule is CC1CCCC(C2CC(C)(C)CCC2C(=O)O)C1. The normalized spacial score (nSPS) is 40.4. The van der Waals surface area contributed by atoms with E-state index < -0.39 is 5.97 Å². The third-order valence-electron chi connectivity index (χ3n) is 5.34. The summed E-state index contributed by atoms with van der Waals surface area (Å²) in [6.45, 7) is 6.95. The molecule has 0 heterocycles. The summed E-state index contributed by atoms with van der Waals surface area (Å²) in [5.74, 6) is 1.26. The van der Waals surface area contributed by atoms with E-state index in [1.165, 1.54) is 25.7 Å². The second-order valence-corrected chi connectivity index (χ2v) is 7.55. The monoisotopic (exact) mass is 252 g/mol. The zero-order chi connectivity index (χ0) is 13.3. The van der Waals surface area contributed by atoms with Crippen LogP contribution >= 0.6 is 0 Å². The first kappa shape index (κ1) is 13.9. The Morgan fingerprint density at radius 1 is 1.22 bits per heavy atom. The lowest BCUT2D eigenvalue weighted by Gasteiger charge is -2.44. The molecule has 2 nitrogen and oxygen atoms in total. The van der Waals surface area contributed by atoms with Crippen molar-refractivity contribution in [2.45, 2.75) is 65.7 Å². The molecule has 0 saturated heterocycles. The summed E-state index contributed by atoms with van der Waals surface area (Å²) in [6.07, 6.45) is 8.22. The van der Waals surface area contributed by atoms with Gasteiger partial charge in [-0.25, -0.2) is 0 Å². The minimum atomic E-state index is -0.547. The Morgan fingerprint density at radius 2 is 1.94 bits per heavy atom. The molecule has 0 aromatic rings. The quantitative estimate of drug-likeness (QED) is 0.793. The van der Waals surface area contributed by atoms with Crippen LogP contribution in [0.15, 0.2) is 0 Å². The van der Waals surface area contributed by atoms with E-state index in [-0.39, 0.29) is 5.92 Å². The van der Waals surface area contributed by atoms with Crippen molar-refractivity contribution in [3.8, 4) is 0 Å². The van der Waals surface area contributed by atoms with Gasteiger partial charge < -0.3 is 5.11 Å². The van der Waals surface area contributed by atoms with Crippen molar-refractivity contribution in [3.63, 3.8) is 0 Å². The molecule has 18 heavy (non-hydrogen) atoms. The van der Waals surface area contributed by atoms with Crippen LogP contribution in [0.1, 0.15) is 65.7 Å². The van der Waals surface area contributed by atoms with Crippen LogP contribution in [0, 0.1) is 29.1 Å². The first-order valence-electron chi connectivity index (χ1n) is 7.62. The third-order valence-corrected chi connectivity index (χ3v) is 5.34. The van der Waals surface area contributed by atoms with Gasteiger partial charge in [0, 0.05) is 0 Å². The van der Waals surface area contributed by atoms with Gasteiger partial charge in [-0.05, 0) is 48.9 Å². The van der Waals surface area contributed by atoms with E-state index in [2.05, 4.69) is 20.8 Å². The summed E-state index contributed by atoms with van der Waals surface area (Å²) in [5, 5.41) is 9.48. The lowest BCUT2D eigenvalue weighted by atomic mass is 9.60. The van der Waals surface area contributed by atoms with Crippen LogP contribution in [0.25, 0.3) is 0 Å². The zero-order valence-corrected chi connectivity index (χ0v) is 12.1. The standard InChI is InChI=1S/C16H28O2/c1-11-5-4-6-12(9-11)14-10-16(2,3)8-7-13(14)15(17)18/h11-14H,4-10H2,1-3H3,(H,17,18). The topological polar surface area (TPSA) is 37.3 Å². The predicted molar refractivity (Wildman–Crippen MR) is 73.4 cm³/mol. The fourth-order valence-corrected chi connectivity index (χ4v) is 4.31. The second-order valence-electron chi connectivity index (χ2n) is 7.55. The highest BCUT2D eigenvalue weighted by Crippen LogP contribution is 2.48.